The monoisotopic (exact) mass is 390 g/mol. The summed E-state index contributed by atoms with van der Waals surface area (Å²) >= 11 is 0.172. The van der Waals surface area contributed by atoms with Crippen LogP contribution in [0.2, 0.25) is 13.3 Å². The molecule has 0 amide bonds. The van der Waals surface area contributed by atoms with Gasteiger partial charge < -0.3 is 0 Å². The number of hydrogen-bond acceptors (Lipinski definition) is 1. The fourth-order valence-electron chi connectivity index (χ4n) is 3.41. The SMILES string of the molecule is CCC[CH2][Sn]([CH2]CCC)([CH2]CCC)[C]1=CCSCC1. The molecule has 0 nitrogen and oxygen atoms in total. The molecule has 0 aliphatic carbocycles. The van der Waals surface area contributed by atoms with Gasteiger partial charge in [-0.05, 0) is 0 Å². The van der Waals surface area contributed by atoms with Crippen molar-refractivity contribution in [3.63, 3.8) is 0 Å². The normalized spacial score (nSPS) is 16.5. The van der Waals surface area contributed by atoms with Crippen molar-refractivity contribution in [3.05, 3.63) is 9.67 Å². The Morgan fingerprint density at radius 1 is 0.947 bits per heavy atom. The minimum absolute atomic E-state index is 1.32. The summed E-state index contributed by atoms with van der Waals surface area (Å²) in [6.07, 6.45) is 12.9. The molecular weight excluding hydrogens is 355 g/mol. The van der Waals surface area contributed by atoms with E-state index in [0.717, 1.165) is 0 Å². The minimum atomic E-state index is -1.97. The summed E-state index contributed by atoms with van der Waals surface area (Å²) < 4.78 is 7.01. The van der Waals surface area contributed by atoms with Gasteiger partial charge in [0.15, 0.2) is 0 Å². The van der Waals surface area contributed by atoms with Crippen LogP contribution < -0.4 is 0 Å². The van der Waals surface area contributed by atoms with Crippen molar-refractivity contribution in [3.8, 4) is 0 Å². The molecule has 0 aromatic heterocycles. The molecule has 19 heavy (non-hydrogen) atoms. The molecule has 1 aliphatic rings. The second-order valence-electron chi connectivity index (χ2n) is 6.15. The van der Waals surface area contributed by atoms with Crippen LogP contribution in [0, 0.1) is 0 Å². The molecular formula is C17H34SSn. The van der Waals surface area contributed by atoms with Crippen molar-refractivity contribution in [1.29, 1.82) is 0 Å². The van der Waals surface area contributed by atoms with Crippen LogP contribution in [-0.2, 0) is 0 Å². The molecule has 1 aliphatic heterocycles. The van der Waals surface area contributed by atoms with Crippen LogP contribution in [0.5, 0.6) is 0 Å². The van der Waals surface area contributed by atoms with E-state index in [-0.39, 0.29) is 0 Å². The zero-order valence-corrected chi connectivity index (χ0v) is 17.1. The van der Waals surface area contributed by atoms with Crippen LogP contribution in [0.3, 0.4) is 0 Å². The van der Waals surface area contributed by atoms with Gasteiger partial charge in [-0.15, -0.1) is 0 Å². The molecule has 0 bridgehead atoms. The Hall–Kier alpha value is 0.889. The molecule has 0 unspecified atom stereocenters. The zero-order valence-electron chi connectivity index (χ0n) is 13.5. The second kappa shape index (κ2) is 10.6. The van der Waals surface area contributed by atoms with E-state index in [4.69, 9.17) is 0 Å². The van der Waals surface area contributed by atoms with E-state index < -0.39 is 18.4 Å². The van der Waals surface area contributed by atoms with Gasteiger partial charge in [-0.3, -0.25) is 0 Å². The first-order valence-electron chi connectivity index (χ1n) is 8.56. The third kappa shape index (κ3) is 6.03. The molecule has 1 heterocycles. The van der Waals surface area contributed by atoms with Gasteiger partial charge in [-0.1, -0.05) is 0 Å². The van der Waals surface area contributed by atoms with Crippen molar-refractivity contribution in [2.24, 2.45) is 0 Å². The van der Waals surface area contributed by atoms with Crippen LogP contribution >= 0.6 is 11.8 Å². The second-order valence-corrected chi connectivity index (χ2v) is 20.7. The Bertz CT molecular complexity index is 238. The van der Waals surface area contributed by atoms with E-state index in [1.807, 2.05) is 3.59 Å². The molecule has 1 rings (SSSR count). The van der Waals surface area contributed by atoms with Crippen LogP contribution in [0.1, 0.15) is 65.7 Å². The number of rotatable bonds is 10. The van der Waals surface area contributed by atoms with E-state index in [0.29, 0.717) is 0 Å². The van der Waals surface area contributed by atoms with Crippen LogP contribution in [0.25, 0.3) is 0 Å². The molecule has 0 radical (unpaired) electrons. The summed E-state index contributed by atoms with van der Waals surface area (Å²) in [5, 5.41) is 0. The summed E-state index contributed by atoms with van der Waals surface area (Å²) in [5.74, 6) is 2.73. The maximum atomic E-state index is 2.69. The molecule has 0 saturated carbocycles. The fraction of sp³-hybridized carbons (Fsp3) is 0.882. The van der Waals surface area contributed by atoms with Gasteiger partial charge in [-0.25, -0.2) is 0 Å². The summed E-state index contributed by atoms with van der Waals surface area (Å²) in [6.45, 7) is 7.13. The first-order valence-corrected chi connectivity index (χ1v) is 17.2. The van der Waals surface area contributed by atoms with Gasteiger partial charge in [-0.2, -0.15) is 0 Å². The van der Waals surface area contributed by atoms with E-state index in [1.54, 1.807) is 13.3 Å². The van der Waals surface area contributed by atoms with Gasteiger partial charge in [0.1, 0.15) is 0 Å². The van der Waals surface area contributed by atoms with Gasteiger partial charge in [0.25, 0.3) is 0 Å². The third-order valence-electron chi connectivity index (χ3n) is 4.67. The van der Waals surface area contributed by atoms with E-state index in [2.05, 4.69) is 38.6 Å². The molecule has 0 N–H and O–H groups in total. The van der Waals surface area contributed by atoms with Crippen molar-refractivity contribution in [2.45, 2.75) is 79.0 Å². The molecule has 0 aromatic carbocycles. The van der Waals surface area contributed by atoms with Crippen molar-refractivity contribution in [2.75, 3.05) is 11.5 Å². The Labute approximate surface area is 130 Å². The van der Waals surface area contributed by atoms with Gasteiger partial charge >= 0.3 is 130 Å². The van der Waals surface area contributed by atoms with Crippen molar-refractivity contribution >= 4 is 30.1 Å². The molecule has 2 heteroatoms. The Kier molecular flexibility index (Phi) is 10.0. The van der Waals surface area contributed by atoms with E-state index in [1.165, 1.54) is 56.5 Å². The standard InChI is InChI=1S/C5H7S.3C4H9.Sn/c1-2-4-6-5-3-1;3*1-3-4-2;/h2H,3-5H2;3*1,3-4H2,2H3;. The Balaban J connectivity index is 2.82. The average molecular weight is 389 g/mol. The number of unbranched alkanes of at least 4 members (excludes halogenated alkanes) is 3. The first-order chi connectivity index (χ1) is 9.29. The molecule has 112 valence electrons. The van der Waals surface area contributed by atoms with Crippen LogP contribution in [0.15, 0.2) is 9.67 Å². The average Bonchev–Trinajstić information content (AvgIpc) is 2.48. The van der Waals surface area contributed by atoms with Gasteiger partial charge in [0.05, 0.1) is 0 Å². The molecule has 0 fully saturated rings. The fourth-order valence-corrected chi connectivity index (χ4v) is 22.3. The predicted molar refractivity (Wildman–Crippen MR) is 94.9 cm³/mol. The topological polar surface area (TPSA) is 0 Å². The third-order valence-corrected chi connectivity index (χ3v) is 22.0. The predicted octanol–water partition coefficient (Wildman–Crippen LogP) is 6.44. The number of thioether (sulfide) groups is 1. The van der Waals surface area contributed by atoms with E-state index >= 15 is 0 Å². The quantitative estimate of drug-likeness (QED) is 0.388. The summed E-state index contributed by atoms with van der Waals surface area (Å²) in [4.78, 5) is 0. The molecule has 0 spiro atoms. The van der Waals surface area contributed by atoms with Crippen LogP contribution in [-0.4, -0.2) is 29.9 Å². The summed E-state index contributed by atoms with van der Waals surface area (Å²) in [5.41, 5.74) is 0. The van der Waals surface area contributed by atoms with Crippen molar-refractivity contribution in [1.82, 2.24) is 0 Å². The number of hydrogen-bond donors (Lipinski definition) is 0. The van der Waals surface area contributed by atoms with Crippen molar-refractivity contribution < 1.29 is 0 Å². The summed E-state index contributed by atoms with van der Waals surface area (Å²) in [6, 6.07) is 0. The zero-order chi connectivity index (χ0) is 14.0. The van der Waals surface area contributed by atoms with E-state index in [9.17, 15) is 0 Å². The van der Waals surface area contributed by atoms with Gasteiger partial charge in [0, 0.05) is 0 Å². The van der Waals surface area contributed by atoms with Crippen LogP contribution in [0.4, 0.5) is 0 Å². The molecule has 0 saturated heterocycles. The maximum absolute atomic E-state index is 2.69. The number of allylic oxidation sites excluding steroid dienone is 1. The Morgan fingerprint density at radius 3 is 1.84 bits per heavy atom. The molecule has 0 aromatic rings. The Morgan fingerprint density at radius 2 is 1.47 bits per heavy atom. The van der Waals surface area contributed by atoms with Gasteiger partial charge in [0.2, 0.25) is 0 Å². The summed E-state index contributed by atoms with van der Waals surface area (Å²) in [7, 11) is 0. The molecule has 0 atom stereocenters. The first kappa shape index (κ1) is 17.9.